The lowest BCUT2D eigenvalue weighted by atomic mass is 10.00. The van der Waals surface area contributed by atoms with Gasteiger partial charge in [-0.05, 0) is 56.5 Å². The Morgan fingerprint density at radius 3 is 2.59 bits per heavy atom. The number of ether oxygens (including phenoxy) is 1. The van der Waals surface area contributed by atoms with Gasteiger partial charge in [0.25, 0.3) is 0 Å². The number of guanidine groups is 1. The predicted octanol–water partition coefficient (Wildman–Crippen LogP) is 3.98. The second-order valence-corrected chi connectivity index (χ2v) is 8.52. The maximum Gasteiger partial charge on any atom is 0.319 e. The molecule has 1 unspecified atom stereocenters. The highest BCUT2D eigenvalue weighted by Crippen LogP contribution is 2.26. The molecule has 0 aliphatic carbocycles. The second kappa shape index (κ2) is 11.0. The number of nitrogens with zero attached hydrogens (tertiary/aromatic N) is 2. The number of carbonyl (C=O) groups excluding carboxylic acids is 1. The van der Waals surface area contributed by atoms with Crippen LogP contribution in [0, 0.1) is 13.8 Å². The minimum Gasteiger partial charge on any atom is -0.370 e. The number of nitrogens with one attached hydrogen (secondary N) is 3. The zero-order chi connectivity index (χ0) is 23.1. The Labute approximate surface area is 191 Å². The Hall–Kier alpha value is -3.06. The van der Waals surface area contributed by atoms with E-state index in [1.54, 1.807) is 0 Å². The molecule has 0 spiro atoms. The van der Waals surface area contributed by atoms with Crippen LogP contribution >= 0.6 is 0 Å². The third-order valence-electron chi connectivity index (χ3n) is 5.43. The molecule has 32 heavy (non-hydrogen) atoms. The Morgan fingerprint density at radius 1 is 1.19 bits per heavy atom. The fourth-order valence-electron chi connectivity index (χ4n) is 3.87. The van der Waals surface area contributed by atoms with Crippen LogP contribution in [0.4, 0.5) is 10.5 Å². The van der Waals surface area contributed by atoms with Crippen LogP contribution in [0.15, 0.2) is 47.5 Å². The van der Waals surface area contributed by atoms with E-state index >= 15 is 0 Å². The number of anilines is 1. The number of hydrogen-bond donors (Lipinski definition) is 3. The summed E-state index contributed by atoms with van der Waals surface area (Å²) in [7, 11) is 1.81. The van der Waals surface area contributed by atoms with Crippen molar-refractivity contribution >= 4 is 17.7 Å². The van der Waals surface area contributed by atoms with Crippen molar-refractivity contribution in [3.05, 3.63) is 64.7 Å². The van der Waals surface area contributed by atoms with Gasteiger partial charge in [-0.25, -0.2) is 4.79 Å². The van der Waals surface area contributed by atoms with Gasteiger partial charge in [0, 0.05) is 31.9 Å². The molecule has 1 fully saturated rings. The zero-order valence-corrected chi connectivity index (χ0v) is 19.7. The van der Waals surface area contributed by atoms with Crippen LogP contribution in [-0.2, 0) is 11.3 Å². The SMILES string of the molecule is CN=C(NCc1ccc(NC(=O)NC(C)C)cc1)N1CCOC(c2ccc(C)cc2C)C1. The number of benzene rings is 2. The molecule has 1 atom stereocenters. The standard InChI is InChI=1S/C25H35N5O2/c1-17(2)28-25(31)29-21-9-7-20(8-10-21)15-27-24(26-5)30-12-13-32-23(16-30)22-11-6-18(3)14-19(22)4/h6-11,14,17,23H,12-13,15-16H2,1-5H3,(H,26,27)(H2,28,29,31). The number of rotatable bonds is 5. The van der Waals surface area contributed by atoms with Gasteiger partial charge in [0.05, 0.1) is 13.2 Å². The Morgan fingerprint density at radius 2 is 1.94 bits per heavy atom. The van der Waals surface area contributed by atoms with Gasteiger partial charge in [0.15, 0.2) is 5.96 Å². The smallest absolute Gasteiger partial charge is 0.319 e. The monoisotopic (exact) mass is 437 g/mol. The average Bonchev–Trinajstić information content (AvgIpc) is 2.75. The lowest BCUT2D eigenvalue weighted by Gasteiger charge is -2.36. The van der Waals surface area contributed by atoms with E-state index in [1.165, 1.54) is 16.7 Å². The summed E-state index contributed by atoms with van der Waals surface area (Å²) < 4.78 is 6.08. The maximum atomic E-state index is 11.8. The van der Waals surface area contributed by atoms with E-state index in [1.807, 2.05) is 45.2 Å². The minimum atomic E-state index is -0.197. The molecule has 2 amide bonds. The second-order valence-electron chi connectivity index (χ2n) is 8.52. The number of carbonyl (C=O) groups is 1. The van der Waals surface area contributed by atoms with Gasteiger partial charge < -0.3 is 25.6 Å². The van der Waals surface area contributed by atoms with Gasteiger partial charge in [-0.15, -0.1) is 0 Å². The number of morpholine rings is 1. The van der Waals surface area contributed by atoms with E-state index in [0.717, 1.165) is 30.3 Å². The molecule has 3 rings (SSSR count). The van der Waals surface area contributed by atoms with Gasteiger partial charge in [0.1, 0.15) is 6.10 Å². The molecule has 0 radical (unpaired) electrons. The van der Waals surface area contributed by atoms with Crippen molar-refractivity contribution in [2.75, 3.05) is 32.1 Å². The van der Waals surface area contributed by atoms with Crippen molar-refractivity contribution in [1.82, 2.24) is 15.5 Å². The van der Waals surface area contributed by atoms with Crippen molar-refractivity contribution in [1.29, 1.82) is 0 Å². The molecule has 1 heterocycles. The molecule has 7 nitrogen and oxygen atoms in total. The summed E-state index contributed by atoms with van der Waals surface area (Å²) in [6, 6.07) is 14.2. The fraction of sp³-hybridized carbons (Fsp3) is 0.440. The van der Waals surface area contributed by atoms with Gasteiger partial charge in [-0.3, -0.25) is 4.99 Å². The molecule has 7 heteroatoms. The summed E-state index contributed by atoms with van der Waals surface area (Å²) in [5.41, 5.74) is 5.63. The van der Waals surface area contributed by atoms with Crippen LogP contribution in [0.2, 0.25) is 0 Å². The first-order valence-electron chi connectivity index (χ1n) is 11.2. The van der Waals surface area contributed by atoms with Gasteiger partial charge in [0.2, 0.25) is 0 Å². The normalized spacial score (nSPS) is 16.8. The molecule has 1 aliphatic heterocycles. The summed E-state index contributed by atoms with van der Waals surface area (Å²) in [5, 5.41) is 9.12. The maximum absolute atomic E-state index is 11.8. The lowest BCUT2D eigenvalue weighted by molar-refractivity contribution is -0.00834. The Bertz CT molecular complexity index is 940. The van der Waals surface area contributed by atoms with Crippen molar-refractivity contribution < 1.29 is 9.53 Å². The first kappa shape index (κ1) is 23.6. The summed E-state index contributed by atoms with van der Waals surface area (Å²) in [4.78, 5) is 18.6. The highest BCUT2D eigenvalue weighted by molar-refractivity contribution is 5.89. The zero-order valence-electron chi connectivity index (χ0n) is 19.7. The molecule has 0 aromatic heterocycles. The molecule has 2 aromatic carbocycles. The molecule has 0 bridgehead atoms. The number of aliphatic imine (C=N–C) groups is 1. The number of urea groups is 1. The van der Waals surface area contributed by atoms with E-state index < -0.39 is 0 Å². The molecule has 2 aromatic rings. The van der Waals surface area contributed by atoms with Gasteiger partial charge in [-0.2, -0.15) is 0 Å². The van der Waals surface area contributed by atoms with Crippen LogP contribution in [0.5, 0.6) is 0 Å². The van der Waals surface area contributed by atoms with Crippen molar-refractivity contribution in [2.24, 2.45) is 4.99 Å². The van der Waals surface area contributed by atoms with Crippen LogP contribution in [0.25, 0.3) is 0 Å². The third kappa shape index (κ3) is 6.47. The minimum absolute atomic E-state index is 0.0326. The predicted molar refractivity (Wildman–Crippen MR) is 130 cm³/mol. The van der Waals surface area contributed by atoms with E-state index in [0.29, 0.717) is 13.2 Å². The fourth-order valence-corrected chi connectivity index (χ4v) is 3.87. The van der Waals surface area contributed by atoms with Gasteiger partial charge in [-0.1, -0.05) is 35.9 Å². The van der Waals surface area contributed by atoms with Crippen molar-refractivity contribution in [3.8, 4) is 0 Å². The van der Waals surface area contributed by atoms with Crippen LogP contribution in [0.1, 0.15) is 42.2 Å². The van der Waals surface area contributed by atoms with Crippen LogP contribution < -0.4 is 16.0 Å². The van der Waals surface area contributed by atoms with E-state index in [4.69, 9.17) is 4.74 Å². The first-order chi connectivity index (χ1) is 15.4. The van der Waals surface area contributed by atoms with Crippen LogP contribution in [-0.4, -0.2) is 49.7 Å². The van der Waals surface area contributed by atoms with Crippen molar-refractivity contribution in [3.63, 3.8) is 0 Å². The van der Waals surface area contributed by atoms with Gasteiger partial charge >= 0.3 is 6.03 Å². The Balaban J connectivity index is 1.56. The van der Waals surface area contributed by atoms with Crippen LogP contribution in [0.3, 0.4) is 0 Å². The molecule has 172 valence electrons. The van der Waals surface area contributed by atoms with E-state index in [-0.39, 0.29) is 18.2 Å². The summed E-state index contributed by atoms with van der Waals surface area (Å²) in [6.07, 6.45) is 0.0326. The highest BCUT2D eigenvalue weighted by atomic mass is 16.5. The summed E-state index contributed by atoms with van der Waals surface area (Å²) >= 11 is 0. The largest absolute Gasteiger partial charge is 0.370 e. The van der Waals surface area contributed by atoms with E-state index in [2.05, 4.69) is 57.9 Å². The quantitative estimate of drug-likeness (QED) is 0.488. The van der Waals surface area contributed by atoms with Crippen molar-refractivity contribution in [2.45, 2.75) is 46.4 Å². The molecule has 1 aliphatic rings. The van der Waals surface area contributed by atoms with E-state index in [9.17, 15) is 4.79 Å². The summed E-state index contributed by atoms with van der Waals surface area (Å²) in [5.74, 6) is 0.863. The molecular weight excluding hydrogens is 402 g/mol. The third-order valence-corrected chi connectivity index (χ3v) is 5.43. The average molecular weight is 438 g/mol. The molecule has 0 saturated carbocycles. The topological polar surface area (TPSA) is 78.0 Å². The number of hydrogen-bond acceptors (Lipinski definition) is 3. The number of amides is 2. The number of aryl methyl sites for hydroxylation is 2. The highest BCUT2D eigenvalue weighted by Gasteiger charge is 2.25. The first-order valence-corrected chi connectivity index (χ1v) is 11.2. The molecule has 3 N–H and O–H groups in total. The molecule has 1 saturated heterocycles. The molecular formula is C25H35N5O2. The lowest BCUT2D eigenvalue weighted by Crippen LogP contribution is -2.48. The summed E-state index contributed by atoms with van der Waals surface area (Å²) in [6.45, 7) is 11.0. The Kier molecular flexibility index (Phi) is 8.11.